The zero-order valence-corrected chi connectivity index (χ0v) is 11.8. The van der Waals surface area contributed by atoms with Gasteiger partial charge in [-0.25, -0.2) is 0 Å². The summed E-state index contributed by atoms with van der Waals surface area (Å²) in [5.74, 6) is -0.137. The van der Waals surface area contributed by atoms with Crippen LogP contribution >= 0.6 is 0 Å². The Labute approximate surface area is 115 Å². The maximum atomic E-state index is 11.3. The number of nitrogens with two attached hydrogens (primary N) is 1. The summed E-state index contributed by atoms with van der Waals surface area (Å²) in [5.41, 5.74) is 7.90. The van der Waals surface area contributed by atoms with Gasteiger partial charge in [0.2, 0.25) is 5.91 Å². The van der Waals surface area contributed by atoms with Crippen molar-refractivity contribution in [3.8, 4) is 0 Å². The van der Waals surface area contributed by atoms with Gasteiger partial charge >= 0.3 is 0 Å². The first kappa shape index (κ1) is 13.9. The van der Waals surface area contributed by atoms with Crippen LogP contribution in [-0.4, -0.2) is 38.0 Å². The van der Waals surface area contributed by atoms with Gasteiger partial charge in [0.15, 0.2) is 0 Å². The molecule has 4 heteroatoms. The molecule has 1 saturated heterocycles. The fraction of sp³-hybridized carbons (Fsp3) is 0.533. The van der Waals surface area contributed by atoms with Crippen molar-refractivity contribution in [2.75, 3.05) is 32.1 Å². The SMILES string of the molecule is CN(C)c1ccc(CN2CCC[C@H](C(N)=O)C2)cc1. The average molecular weight is 261 g/mol. The molecule has 19 heavy (non-hydrogen) atoms. The first-order chi connectivity index (χ1) is 9.06. The summed E-state index contributed by atoms with van der Waals surface area (Å²) in [6.45, 7) is 2.75. The Hall–Kier alpha value is -1.55. The van der Waals surface area contributed by atoms with E-state index in [9.17, 15) is 4.79 Å². The molecule has 1 aliphatic heterocycles. The third-order valence-corrected chi connectivity index (χ3v) is 3.77. The molecule has 2 rings (SSSR count). The molecule has 0 bridgehead atoms. The summed E-state index contributed by atoms with van der Waals surface area (Å²) >= 11 is 0. The molecule has 1 aliphatic rings. The van der Waals surface area contributed by atoms with Crippen LogP contribution in [0, 0.1) is 5.92 Å². The number of rotatable bonds is 4. The first-order valence-corrected chi connectivity index (χ1v) is 6.84. The number of benzene rings is 1. The van der Waals surface area contributed by atoms with E-state index in [-0.39, 0.29) is 11.8 Å². The Kier molecular flexibility index (Phi) is 4.43. The van der Waals surface area contributed by atoms with Crippen molar-refractivity contribution in [3.63, 3.8) is 0 Å². The molecule has 1 fully saturated rings. The summed E-state index contributed by atoms with van der Waals surface area (Å²) in [6, 6.07) is 8.57. The molecule has 0 unspecified atom stereocenters. The van der Waals surface area contributed by atoms with E-state index >= 15 is 0 Å². The second-order valence-electron chi connectivity index (χ2n) is 5.54. The fourth-order valence-corrected chi connectivity index (χ4v) is 2.59. The van der Waals surface area contributed by atoms with Gasteiger partial charge in [-0.3, -0.25) is 9.69 Å². The van der Waals surface area contributed by atoms with E-state index in [2.05, 4.69) is 34.1 Å². The molecule has 1 amide bonds. The number of hydrogen-bond donors (Lipinski definition) is 1. The number of amides is 1. The van der Waals surface area contributed by atoms with E-state index < -0.39 is 0 Å². The van der Waals surface area contributed by atoms with Crippen LogP contribution in [0.3, 0.4) is 0 Å². The molecule has 0 spiro atoms. The van der Waals surface area contributed by atoms with Crippen LogP contribution < -0.4 is 10.6 Å². The zero-order valence-electron chi connectivity index (χ0n) is 11.8. The maximum absolute atomic E-state index is 11.3. The van der Waals surface area contributed by atoms with Crippen LogP contribution in [0.1, 0.15) is 18.4 Å². The predicted octanol–water partition coefficient (Wildman–Crippen LogP) is 1.45. The minimum Gasteiger partial charge on any atom is -0.378 e. The number of carbonyl (C=O) groups is 1. The van der Waals surface area contributed by atoms with Crippen LogP contribution in [0.15, 0.2) is 24.3 Å². The van der Waals surface area contributed by atoms with Crippen LogP contribution in [0.4, 0.5) is 5.69 Å². The van der Waals surface area contributed by atoms with Crippen molar-refractivity contribution in [1.29, 1.82) is 0 Å². The van der Waals surface area contributed by atoms with E-state index in [1.54, 1.807) is 0 Å². The van der Waals surface area contributed by atoms with Gasteiger partial charge in [0.25, 0.3) is 0 Å². The average Bonchev–Trinajstić information content (AvgIpc) is 2.39. The smallest absolute Gasteiger partial charge is 0.221 e. The third kappa shape index (κ3) is 3.70. The van der Waals surface area contributed by atoms with Gasteiger partial charge in [-0.1, -0.05) is 12.1 Å². The highest BCUT2D eigenvalue weighted by atomic mass is 16.1. The van der Waals surface area contributed by atoms with Gasteiger partial charge in [-0.2, -0.15) is 0 Å². The highest BCUT2D eigenvalue weighted by Gasteiger charge is 2.23. The summed E-state index contributed by atoms with van der Waals surface area (Å²) in [7, 11) is 4.08. The molecular weight excluding hydrogens is 238 g/mol. The Balaban J connectivity index is 1.95. The number of carbonyl (C=O) groups excluding carboxylic acids is 1. The van der Waals surface area contributed by atoms with Crippen molar-refractivity contribution in [1.82, 2.24) is 4.90 Å². The van der Waals surface area contributed by atoms with E-state index in [0.717, 1.165) is 32.5 Å². The summed E-state index contributed by atoms with van der Waals surface area (Å²) in [6.07, 6.45) is 1.99. The zero-order chi connectivity index (χ0) is 13.8. The molecule has 2 N–H and O–H groups in total. The quantitative estimate of drug-likeness (QED) is 0.892. The molecule has 1 heterocycles. The predicted molar refractivity (Wildman–Crippen MR) is 78.0 cm³/mol. The maximum Gasteiger partial charge on any atom is 0.221 e. The van der Waals surface area contributed by atoms with E-state index in [0.29, 0.717) is 0 Å². The van der Waals surface area contributed by atoms with E-state index in [4.69, 9.17) is 5.73 Å². The number of primary amides is 1. The Morgan fingerprint density at radius 2 is 2.05 bits per heavy atom. The van der Waals surface area contributed by atoms with Gasteiger partial charge in [-0.15, -0.1) is 0 Å². The normalized spacial score (nSPS) is 20.2. The second kappa shape index (κ2) is 6.06. The highest BCUT2D eigenvalue weighted by Crippen LogP contribution is 2.19. The number of hydrogen-bond acceptors (Lipinski definition) is 3. The minimum atomic E-state index is -0.160. The summed E-state index contributed by atoms with van der Waals surface area (Å²) in [5, 5.41) is 0. The van der Waals surface area contributed by atoms with Crippen molar-refractivity contribution < 1.29 is 4.79 Å². The van der Waals surface area contributed by atoms with E-state index in [1.807, 2.05) is 14.1 Å². The Bertz CT molecular complexity index is 428. The standard InChI is InChI=1S/C15H23N3O/c1-17(2)14-7-5-12(6-8-14)10-18-9-3-4-13(11-18)15(16)19/h5-8,13H,3-4,9-11H2,1-2H3,(H2,16,19)/t13-/m0/s1. The number of likely N-dealkylation sites (tertiary alicyclic amines) is 1. The van der Waals surface area contributed by atoms with Gasteiger partial charge in [0.05, 0.1) is 5.92 Å². The molecule has 1 aromatic rings. The summed E-state index contributed by atoms with van der Waals surface area (Å²) in [4.78, 5) is 15.7. The Morgan fingerprint density at radius 3 is 2.63 bits per heavy atom. The van der Waals surface area contributed by atoms with Crippen LogP contribution in [0.5, 0.6) is 0 Å². The minimum absolute atomic E-state index is 0.0230. The second-order valence-corrected chi connectivity index (χ2v) is 5.54. The largest absolute Gasteiger partial charge is 0.378 e. The molecule has 0 radical (unpaired) electrons. The number of anilines is 1. The van der Waals surface area contributed by atoms with Crippen molar-refractivity contribution >= 4 is 11.6 Å². The van der Waals surface area contributed by atoms with Gasteiger partial charge in [0, 0.05) is 32.9 Å². The van der Waals surface area contributed by atoms with Gasteiger partial charge in [0.1, 0.15) is 0 Å². The first-order valence-electron chi connectivity index (χ1n) is 6.84. The van der Waals surface area contributed by atoms with Crippen LogP contribution in [-0.2, 0) is 11.3 Å². The Morgan fingerprint density at radius 1 is 1.37 bits per heavy atom. The molecule has 0 aromatic heterocycles. The third-order valence-electron chi connectivity index (χ3n) is 3.77. The lowest BCUT2D eigenvalue weighted by molar-refractivity contribution is -0.123. The lowest BCUT2D eigenvalue weighted by Crippen LogP contribution is -2.40. The lowest BCUT2D eigenvalue weighted by Gasteiger charge is -2.31. The number of piperidine rings is 1. The van der Waals surface area contributed by atoms with Crippen molar-refractivity contribution in [3.05, 3.63) is 29.8 Å². The van der Waals surface area contributed by atoms with Crippen molar-refractivity contribution in [2.24, 2.45) is 11.7 Å². The highest BCUT2D eigenvalue weighted by molar-refractivity contribution is 5.76. The molecule has 1 aromatic carbocycles. The van der Waals surface area contributed by atoms with Crippen LogP contribution in [0.2, 0.25) is 0 Å². The molecule has 4 nitrogen and oxygen atoms in total. The molecule has 104 valence electrons. The fourth-order valence-electron chi connectivity index (χ4n) is 2.59. The monoisotopic (exact) mass is 261 g/mol. The summed E-state index contributed by atoms with van der Waals surface area (Å²) < 4.78 is 0. The van der Waals surface area contributed by atoms with E-state index in [1.165, 1.54) is 11.3 Å². The van der Waals surface area contributed by atoms with Gasteiger partial charge in [-0.05, 0) is 37.1 Å². The van der Waals surface area contributed by atoms with Crippen molar-refractivity contribution in [2.45, 2.75) is 19.4 Å². The lowest BCUT2D eigenvalue weighted by atomic mass is 9.97. The topological polar surface area (TPSA) is 49.6 Å². The van der Waals surface area contributed by atoms with Crippen LogP contribution in [0.25, 0.3) is 0 Å². The van der Waals surface area contributed by atoms with Gasteiger partial charge < -0.3 is 10.6 Å². The molecular formula is C15H23N3O. The molecule has 1 atom stereocenters. The number of nitrogens with zero attached hydrogens (tertiary/aromatic N) is 2. The molecule has 0 aliphatic carbocycles. The molecule has 0 saturated carbocycles.